The van der Waals surface area contributed by atoms with Crippen molar-refractivity contribution in [3.63, 3.8) is 0 Å². The van der Waals surface area contributed by atoms with E-state index in [1.165, 1.54) is 54.7 Å². The summed E-state index contributed by atoms with van der Waals surface area (Å²) in [5.74, 6) is 1.57. The van der Waals surface area contributed by atoms with Gasteiger partial charge in [-0.1, -0.05) is 12.1 Å². The Bertz CT molecular complexity index is 2260. The van der Waals surface area contributed by atoms with Crippen molar-refractivity contribution in [1.29, 1.82) is 0 Å². The minimum atomic E-state index is -0.434. The Morgan fingerprint density at radius 2 is 0.893 bits per heavy atom. The van der Waals surface area contributed by atoms with Crippen LogP contribution in [0.5, 0.6) is 40.2 Å². The molecule has 0 spiro atoms. The molecule has 0 unspecified atom stereocenters. The molecule has 0 atom stereocenters. The molecule has 0 saturated heterocycles. The van der Waals surface area contributed by atoms with Gasteiger partial charge in [0, 0.05) is 37.4 Å². The summed E-state index contributed by atoms with van der Waals surface area (Å²) >= 11 is 0. The number of rotatable bonds is 15. The van der Waals surface area contributed by atoms with Crippen LogP contribution in [-0.2, 0) is 0 Å². The maximum absolute atomic E-state index is 13.7. The Kier molecular flexibility index (Phi) is 12.8. The van der Waals surface area contributed by atoms with E-state index in [4.69, 9.17) is 33.2 Å². The highest BCUT2D eigenvalue weighted by molar-refractivity contribution is 6.10. The first-order valence-electron chi connectivity index (χ1n) is 17.2. The number of anilines is 4. The van der Waals surface area contributed by atoms with Crippen LogP contribution in [0.4, 0.5) is 22.7 Å². The molecule has 3 N–H and O–H groups in total. The smallest absolute Gasteiger partial charge is 0.262 e. The number of nitrogens with one attached hydrogen (secondary N) is 3. The highest BCUT2D eigenvalue weighted by Gasteiger charge is 2.24. The SMILES string of the molecule is CNc1ccc(C(=O)Nc2ccc(-c3ccc(NC(=O)c4ccc(N(C)C(=O)c5cc(OC)c(OC)cc5OC)c(OC)c4)c(OC)c3)cc2OC)cc1OC. The van der Waals surface area contributed by atoms with Gasteiger partial charge >= 0.3 is 0 Å². The normalized spacial score (nSPS) is 10.4. The Hall–Kier alpha value is -7.09. The number of carbonyl (C=O) groups is 3. The minimum Gasteiger partial charge on any atom is -0.496 e. The van der Waals surface area contributed by atoms with Gasteiger partial charge in [-0.3, -0.25) is 14.4 Å². The molecule has 0 heterocycles. The summed E-state index contributed by atoms with van der Waals surface area (Å²) in [5.41, 5.74) is 4.55. The molecule has 3 amide bonds. The predicted molar refractivity (Wildman–Crippen MR) is 215 cm³/mol. The van der Waals surface area contributed by atoms with E-state index in [9.17, 15) is 14.4 Å². The largest absolute Gasteiger partial charge is 0.496 e. The molecule has 0 aliphatic carbocycles. The second kappa shape index (κ2) is 17.8. The van der Waals surface area contributed by atoms with E-state index in [0.29, 0.717) is 57.1 Å². The molecule has 0 radical (unpaired) electrons. The van der Waals surface area contributed by atoms with Crippen LogP contribution >= 0.6 is 0 Å². The van der Waals surface area contributed by atoms with E-state index < -0.39 is 11.8 Å². The number of carbonyl (C=O) groups excluding carboxylic acids is 3. The van der Waals surface area contributed by atoms with E-state index in [1.807, 2.05) is 12.1 Å². The zero-order valence-electron chi connectivity index (χ0n) is 32.6. The summed E-state index contributed by atoms with van der Waals surface area (Å²) in [5, 5.41) is 8.83. The molecule has 5 aromatic rings. The molecule has 0 saturated carbocycles. The van der Waals surface area contributed by atoms with Crippen LogP contribution in [0.2, 0.25) is 0 Å². The highest BCUT2D eigenvalue weighted by Crippen LogP contribution is 2.38. The highest BCUT2D eigenvalue weighted by atomic mass is 16.5. The van der Waals surface area contributed by atoms with Gasteiger partial charge in [-0.05, 0) is 71.8 Å². The molecule has 0 fully saturated rings. The van der Waals surface area contributed by atoms with E-state index in [-0.39, 0.29) is 22.8 Å². The van der Waals surface area contributed by atoms with Crippen LogP contribution in [0.3, 0.4) is 0 Å². The lowest BCUT2D eigenvalue weighted by atomic mass is 10.0. The molecule has 292 valence electrons. The number of amides is 3. The Balaban J connectivity index is 1.33. The molecular formula is C42H44N4O10. The Morgan fingerprint density at radius 1 is 0.464 bits per heavy atom. The molecule has 56 heavy (non-hydrogen) atoms. The Labute approximate surface area is 325 Å². The molecule has 5 rings (SSSR count). The van der Waals surface area contributed by atoms with E-state index in [1.54, 1.807) is 86.9 Å². The van der Waals surface area contributed by atoms with Crippen molar-refractivity contribution in [3.8, 4) is 51.4 Å². The van der Waals surface area contributed by atoms with Gasteiger partial charge in [-0.15, -0.1) is 0 Å². The van der Waals surface area contributed by atoms with Crippen LogP contribution in [0.1, 0.15) is 31.1 Å². The number of benzene rings is 5. The molecular weight excluding hydrogens is 720 g/mol. The number of hydrogen-bond donors (Lipinski definition) is 3. The number of nitrogens with zero attached hydrogens (tertiary/aromatic N) is 1. The van der Waals surface area contributed by atoms with Crippen molar-refractivity contribution in [2.75, 3.05) is 84.7 Å². The summed E-state index contributed by atoms with van der Waals surface area (Å²) < 4.78 is 38.5. The predicted octanol–water partition coefficient (Wildman–Crippen LogP) is 7.24. The third-order valence-electron chi connectivity index (χ3n) is 9.01. The zero-order valence-corrected chi connectivity index (χ0v) is 32.6. The van der Waals surface area contributed by atoms with Gasteiger partial charge in [-0.25, -0.2) is 0 Å². The number of hydrogen-bond acceptors (Lipinski definition) is 11. The van der Waals surface area contributed by atoms with Crippen LogP contribution < -0.4 is 54.0 Å². The van der Waals surface area contributed by atoms with Crippen molar-refractivity contribution in [1.82, 2.24) is 0 Å². The van der Waals surface area contributed by atoms with Crippen molar-refractivity contribution >= 4 is 40.5 Å². The minimum absolute atomic E-state index is 0.237. The standard InChI is InChI=1S/C42H44N4O10/c1-43-29-14-12-26(20-34(29)51-4)40(47)44-30-15-10-24(18-35(30)52-5)25-11-16-31(36(19-25)53-6)45-41(48)27-13-17-32(37(21-27)54-7)46(2)42(49)28-22-38(55-8)39(56-9)23-33(28)50-3/h10-23,43H,1-9H3,(H,44,47)(H,45,48). The van der Waals surface area contributed by atoms with Crippen LogP contribution in [0.25, 0.3) is 11.1 Å². The van der Waals surface area contributed by atoms with Crippen molar-refractivity contribution in [2.24, 2.45) is 0 Å². The summed E-state index contributed by atoms with van der Waals surface area (Å²) in [6.45, 7) is 0. The molecule has 0 aliphatic rings. The number of methoxy groups -OCH3 is 7. The van der Waals surface area contributed by atoms with Gasteiger partial charge in [0.2, 0.25) is 0 Å². The quantitative estimate of drug-likeness (QED) is 0.0989. The third-order valence-corrected chi connectivity index (χ3v) is 9.01. The van der Waals surface area contributed by atoms with Gasteiger partial charge in [0.1, 0.15) is 28.7 Å². The molecule has 14 nitrogen and oxygen atoms in total. The molecule has 0 aromatic heterocycles. The average Bonchev–Trinajstić information content (AvgIpc) is 3.24. The first-order valence-corrected chi connectivity index (χ1v) is 17.2. The second-order valence-electron chi connectivity index (χ2n) is 12.1. The second-order valence-corrected chi connectivity index (χ2v) is 12.1. The van der Waals surface area contributed by atoms with Crippen LogP contribution in [-0.4, -0.2) is 81.6 Å². The Morgan fingerprint density at radius 3 is 1.38 bits per heavy atom. The molecule has 14 heteroatoms. The lowest BCUT2D eigenvalue weighted by Gasteiger charge is -2.22. The first-order chi connectivity index (χ1) is 27.0. The summed E-state index contributed by atoms with van der Waals surface area (Å²) in [6.07, 6.45) is 0. The fraction of sp³-hybridized carbons (Fsp3) is 0.214. The topological polar surface area (TPSA) is 155 Å². The summed E-state index contributed by atoms with van der Waals surface area (Å²) in [6, 6.07) is 23.7. The van der Waals surface area contributed by atoms with Gasteiger partial charge in [0.15, 0.2) is 11.5 Å². The fourth-order valence-electron chi connectivity index (χ4n) is 5.96. The van der Waals surface area contributed by atoms with E-state index in [0.717, 1.165) is 16.8 Å². The first kappa shape index (κ1) is 40.1. The summed E-state index contributed by atoms with van der Waals surface area (Å²) in [7, 11) is 13.8. The lowest BCUT2D eigenvalue weighted by molar-refractivity contribution is 0.0986. The fourth-order valence-corrected chi connectivity index (χ4v) is 5.96. The van der Waals surface area contributed by atoms with Crippen molar-refractivity contribution in [3.05, 3.63) is 102 Å². The van der Waals surface area contributed by atoms with Crippen LogP contribution in [0.15, 0.2) is 84.9 Å². The molecule has 0 bridgehead atoms. The molecule has 5 aromatic carbocycles. The zero-order chi connectivity index (χ0) is 40.5. The van der Waals surface area contributed by atoms with Gasteiger partial charge < -0.3 is 54.0 Å². The summed E-state index contributed by atoms with van der Waals surface area (Å²) in [4.78, 5) is 41.7. The maximum Gasteiger partial charge on any atom is 0.262 e. The number of ether oxygens (including phenoxy) is 7. The maximum atomic E-state index is 13.7. The van der Waals surface area contributed by atoms with Gasteiger partial charge in [0.25, 0.3) is 17.7 Å². The monoisotopic (exact) mass is 764 g/mol. The third kappa shape index (κ3) is 8.34. The van der Waals surface area contributed by atoms with Crippen molar-refractivity contribution in [2.45, 2.75) is 0 Å². The van der Waals surface area contributed by atoms with E-state index >= 15 is 0 Å². The average molecular weight is 765 g/mol. The van der Waals surface area contributed by atoms with Gasteiger partial charge in [-0.2, -0.15) is 0 Å². The van der Waals surface area contributed by atoms with Crippen LogP contribution in [0, 0.1) is 0 Å². The molecule has 0 aliphatic heterocycles. The van der Waals surface area contributed by atoms with E-state index in [2.05, 4.69) is 16.0 Å². The van der Waals surface area contributed by atoms with Gasteiger partial charge in [0.05, 0.1) is 78.1 Å². The lowest BCUT2D eigenvalue weighted by Crippen LogP contribution is -2.27. The van der Waals surface area contributed by atoms with Crippen molar-refractivity contribution < 1.29 is 47.5 Å².